The molecule has 3 heterocycles. The molecule has 0 bridgehead atoms. The molecule has 3 aliphatic rings. The number of nitrogens with one attached hydrogen (secondary N) is 1. The number of likely N-dealkylation sites (tertiary alicyclic amines) is 1. The third kappa shape index (κ3) is 2.66. The van der Waals surface area contributed by atoms with Crippen molar-refractivity contribution in [3.63, 3.8) is 0 Å². The zero-order valence-corrected chi connectivity index (χ0v) is 12.7. The van der Waals surface area contributed by atoms with Gasteiger partial charge in [0.05, 0.1) is 18.9 Å². The second-order valence-electron chi connectivity index (χ2n) is 5.95. The Morgan fingerprint density at radius 2 is 1.91 bits per heavy atom. The first-order valence-corrected chi connectivity index (χ1v) is 7.79. The van der Waals surface area contributed by atoms with E-state index in [1.165, 1.54) is 0 Å². The predicted molar refractivity (Wildman–Crippen MR) is 80.3 cm³/mol. The van der Waals surface area contributed by atoms with Crippen LogP contribution in [0.4, 0.5) is 5.69 Å². The topological polar surface area (TPSA) is 77.1 Å². The number of nitrogens with zero attached hydrogens (tertiary/aromatic N) is 1. The van der Waals surface area contributed by atoms with Gasteiger partial charge in [-0.15, -0.1) is 0 Å². The van der Waals surface area contributed by atoms with Gasteiger partial charge in [-0.3, -0.25) is 9.59 Å². The van der Waals surface area contributed by atoms with Crippen LogP contribution in [0.25, 0.3) is 0 Å². The van der Waals surface area contributed by atoms with E-state index in [1.54, 1.807) is 23.1 Å². The summed E-state index contributed by atoms with van der Waals surface area (Å²) in [6, 6.07) is 5.11. The quantitative estimate of drug-likeness (QED) is 0.836. The van der Waals surface area contributed by atoms with E-state index in [1.807, 2.05) is 0 Å². The second-order valence-corrected chi connectivity index (χ2v) is 5.95. The fourth-order valence-corrected chi connectivity index (χ4v) is 3.23. The molecule has 1 N–H and O–H groups in total. The van der Waals surface area contributed by atoms with E-state index in [2.05, 4.69) is 5.32 Å². The highest BCUT2D eigenvalue weighted by Crippen LogP contribution is 2.33. The van der Waals surface area contributed by atoms with Crippen LogP contribution in [-0.2, 0) is 14.3 Å². The molecule has 7 heteroatoms. The van der Waals surface area contributed by atoms with Crippen LogP contribution in [0, 0.1) is 0 Å². The first-order chi connectivity index (χ1) is 11.2. The van der Waals surface area contributed by atoms with Crippen molar-refractivity contribution in [1.82, 2.24) is 4.90 Å². The molecular weight excluding hydrogens is 300 g/mol. The van der Waals surface area contributed by atoms with Gasteiger partial charge in [-0.25, -0.2) is 0 Å². The maximum Gasteiger partial charge on any atom is 0.262 e. The SMILES string of the molecule is O=C1COc2ccc(C(=O)N3CCC4(CC3)OCCO4)cc2N1. The third-order valence-corrected chi connectivity index (χ3v) is 4.49. The molecule has 0 atom stereocenters. The second kappa shape index (κ2) is 5.50. The summed E-state index contributed by atoms with van der Waals surface area (Å²) < 4.78 is 16.7. The monoisotopic (exact) mass is 318 g/mol. The van der Waals surface area contributed by atoms with Gasteiger partial charge in [0, 0.05) is 31.5 Å². The van der Waals surface area contributed by atoms with Crippen LogP contribution >= 0.6 is 0 Å². The van der Waals surface area contributed by atoms with E-state index in [0.29, 0.717) is 56.1 Å². The fraction of sp³-hybridized carbons (Fsp3) is 0.500. The van der Waals surface area contributed by atoms with Crippen molar-refractivity contribution >= 4 is 17.5 Å². The van der Waals surface area contributed by atoms with Gasteiger partial charge in [0.25, 0.3) is 11.8 Å². The largest absolute Gasteiger partial charge is 0.482 e. The smallest absolute Gasteiger partial charge is 0.262 e. The lowest BCUT2D eigenvalue weighted by Gasteiger charge is -2.37. The van der Waals surface area contributed by atoms with Crippen LogP contribution in [0.15, 0.2) is 18.2 Å². The molecule has 3 aliphatic heterocycles. The van der Waals surface area contributed by atoms with Gasteiger partial charge in [0.1, 0.15) is 5.75 Å². The first kappa shape index (κ1) is 14.5. The highest BCUT2D eigenvalue weighted by molar-refractivity contribution is 5.99. The lowest BCUT2D eigenvalue weighted by molar-refractivity contribution is -0.181. The number of amides is 2. The van der Waals surface area contributed by atoms with Crippen molar-refractivity contribution in [1.29, 1.82) is 0 Å². The Labute approximate surface area is 133 Å². The van der Waals surface area contributed by atoms with Gasteiger partial charge in [0.15, 0.2) is 12.4 Å². The minimum absolute atomic E-state index is 0.00843. The predicted octanol–water partition coefficient (Wildman–Crippen LogP) is 0.997. The number of carbonyl (C=O) groups is 2. The van der Waals surface area contributed by atoms with Crippen LogP contribution < -0.4 is 10.1 Å². The maximum atomic E-state index is 12.7. The molecule has 4 rings (SSSR count). The number of carbonyl (C=O) groups excluding carboxylic acids is 2. The van der Waals surface area contributed by atoms with Crippen LogP contribution in [0.3, 0.4) is 0 Å². The molecule has 0 aromatic heterocycles. The Morgan fingerprint density at radius 3 is 2.65 bits per heavy atom. The normalized spacial score (nSPS) is 22.4. The van der Waals surface area contributed by atoms with Crippen molar-refractivity contribution < 1.29 is 23.8 Å². The fourth-order valence-electron chi connectivity index (χ4n) is 3.23. The van der Waals surface area contributed by atoms with Crippen molar-refractivity contribution in [2.75, 3.05) is 38.2 Å². The standard InChI is InChI=1S/C16H18N2O5/c19-14-10-21-13-2-1-11(9-12(13)17-14)15(20)18-5-3-16(4-6-18)22-7-8-23-16/h1-2,9H,3-8,10H2,(H,17,19). The van der Waals surface area contributed by atoms with E-state index in [0.717, 1.165) is 0 Å². The molecule has 122 valence electrons. The van der Waals surface area contributed by atoms with E-state index < -0.39 is 5.79 Å². The van der Waals surface area contributed by atoms with E-state index in [4.69, 9.17) is 14.2 Å². The van der Waals surface area contributed by atoms with Crippen molar-refractivity contribution in [2.24, 2.45) is 0 Å². The Hall–Kier alpha value is -2.12. The van der Waals surface area contributed by atoms with Crippen LogP contribution in [-0.4, -0.2) is 55.4 Å². The number of ether oxygens (including phenoxy) is 3. The third-order valence-electron chi connectivity index (χ3n) is 4.49. The van der Waals surface area contributed by atoms with E-state index >= 15 is 0 Å². The van der Waals surface area contributed by atoms with Crippen LogP contribution in [0.1, 0.15) is 23.2 Å². The molecule has 0 aliphatic carbocycles. The van der Waals surface area contributed by atoms with E-state index in [-0.39, 0.29) is 18.4 Å². The summed E-state index contributed by atoms with van der Waals surface area (Å²) in [6.07, 6.45) is 1.37. The minimum atomic E-state index is -0.492. The van der Waals surface area contributed by atoms with Crippen LogP contribution in [0.5, 0.6) is 5.75 Å². The Balaban J connectivity index is 1.47. The van der Waals surface area contributed by atoms with E-state index in [9.17, 15) is 9.59 Å². The molecule has 1 aromatic rings. The summed E-state index contributed by atoms with van der Waals surface area (Å²) >= 11 is 0. The lowest BCUT2D eigenvalue weighted by Crippen LogP contribution is -2.47. The molecule has 2 saturated heterocycles. The van der Waals surface area contributed by atoms with Gasteiger partial charge in [0.2, 0.25) is 0 Å². The average molecular weight is 318 g/mol. The Morgan fingerprint density at radius 1 is 1.17 bits per heavy atom. The number of anilines is 1. The average Bonchev–Trinajstić information content (AvgIpc) is 3.02. The number of hydrogen-bond donors (Lipinski definition) is 1. The van der Waals surface area contributed by atoms with Gasteiger partial charge in [-0.1, -0.05) is 0 Å². The highest BCUT2D eigenvalue weighted by atomic mass is 16.7. The molecule has 0 radical (unpaired) electrons. The zero-order chi connectivity index (χ0) is 15.9. The summed E-state index contributed by atoms with van der Waals surface area (Å²) in [7, 11) is 0. The van der Waals surface area contributed by atoms with Gasteiger partial charge < -0.3 is 24.4 Å². The molecule has 2 amide bonds. The Kier molecular flexibility index (Phi) is 3.46. The maximum absolute atomic E-state index is 12.7. The molecule has 0 saturated carbocycles. The van der Waals surface area contributed by atoms with Crippen molar-refractivity contribution in [2.45, 2.75) is 18.6 Å². The number of benzene rings is 1. The molecule has 2 fully saturated rings. The molecule has 1 spiro atoms. The van der Waals surface area contributed by atoms with Gasteiger partial charge in [-0.05, 0) is 18.2 Å². The molecule has 1 aromatic carbocycles. The molecule has 0 unspecified atom stereocenters. The van der Waals surface area contributed by atoms with Crippen molar-refractivity contribution in [3.05, 3.63) is 23.8 Å². The molecular formula is C16H18N2O5. The summed E-state index contributed by atoms with van der Waals surface area (Å²) in [6.45, 7) is 2.45. The molecule has 7 nitrogen and oxygen atoms in total. The summed E-state index contributed by atoms with van der Waals surface area (Å²) in [4.78, 5) is 25.8. The van der Waals surface area contributed by atoms with Gasteiger partial charge >= 0.3 is 0 Å². The van der Waals surface area contributed by atoms with Crippen LogP contribution in [0.2, 0.25) is 0 Å². The highest BCUT2D eigenvalue weighted by Gasteiger charge is 2.40. The molecule has 23 heavy (non-hydrogen) atoms. The summed E-state index contributed by atoms with van der Waals surface area (Å²) in [5, 5.41) is 2.72. The van der Waals surface area contributed by atoms with Gasteiger partial charge in [-0.2, -0.15) is 0 Å². The minimum Gasteiger partial charge on any atom is -0.482 e. The number of piperidine rings is 1. The Bertz CT molecular complexity index is 644. The lowest BCUT2D eigenvalue weighted by atomic mass is 10.0. The number of hydrogen-bond acceptors (Lipinski definition) is 5. The van der Waals surface area contributed by atoms with Crippen molar-refractivity contribution in [3.8, 4) is 5.75 Å². The summed E-state index contributed by atoms with van der Waals surface area (Å²) in [5.41, 5.74) is 1.08. The number of fused-ring (bicyclic) bond motifs is 1. The first-order valence-electron chi connectivity index (χ1n) is 7.79. The summed E-state index contributed by atoms with van der Waals surface area (Å²) in [5.74, 6) is -0.168. The number of rotatable bonds is 1. The zero-order valence-electron chi connectivity index (χ0n) is 12.7.